The highest BCUT2D eigenvalue weighted by Crippen LogP contribution is 2.27. The SMILES string of the molecule is COC1CN(c2nc3ccc(C)cc3cc2C(=O)NC(C)N)CCC1N. The van der Waals surface area contributed by atoms with Gasteiger partial charge in [0.1, 0.15) is 5.82 Å². The first-order valence-corrected chi connectivity index (χ1v) is 8.90. The predicted octanol–water partition coefficient (Wildman–Crippen LogP) is 1.13. The number of amides is 1. The summed E-state index contributed by atoms with van der Waals surface area (Å²) in [5.74, 6) is 0.420. The topological polar surface area (TPSA) is 106 Å². The summed E-state index contributed by atoms with van der Waals surface area (Å²) < 4.78 is 5.51. The number of rotatable bonds is 4. The molecule has 3 rings (SSSR count). The highest BCUT2D eigenvalue weighted by Gasteiger charge is 2.30. The van der Waals surface area contributed by atoms with Crippen molar-refractivity contribution in [2.45, 2.75) is 38.6 Å². The molecule has 0 aliphatic carbocycles. The summed E-state index contributed by atoms with van der Waals surface area (Å²) in [4.78, 5) is 19.6. The van der Waals surface area contributed by atoms with Gasteiger partial charge in [-0.05, 0) is 38.5 Å². The van der Waals surface area contributed by atoms with Gasteiger partial charge in [-0.1, -0.05) is 11.6 Å². The molecule has 1 aliphatic rings. The van der Waals surface area contributed by atoms with E-state index in [1.54, 1.807) is 14.0 Å². The number of aryl methyl sites for hydroxylation is 1. The van der Waals surface area contributed by atoms with Gasteiger partial charge in [-0.3, -0.25) is 4.79 Å². The Morgan fingerprint density at radius 1 is 1.42 bits per heavy atom. The number of nitrogens with one attached hydrogen (secondary N) is 1. The first-order chi connectivity index (χ1) is 12.4. The zero-order valence-electron chi connectivity index (χ0n) is 15.5. The van der Waals surface area contributed by atoms with Gasteiger partial charge in [0, 0.05) is 31.6 Å². The zero-order valence-corrected chi connectivity index (χ0v) is 15.5. The molecule has 140 valence electrons. The second-order valence-corrected chi connectivity index (χ2v) is 6.99. The van der Waals surface area contributed by atoms with Crippen LogP contribution in [-0.4, -0.2) is 49.4 Å². The third-order valence-electron chi connectivity index (χ3n) is 4.77. The molecule has 2 aromatic rings. The lowest BCUT2D eigenvalue weighted by Crippen LogP contribution is -2.52. The fourth-order valence-corrected chi connectivity index (χ4v) is 3.35. The molecular formula is C19H27N5O2. The van der Waals surface area contributed by atoms with Crippen LogP contribution in [0.4, 0.5) is 5.82 Å². The van der Waals surface area contributed by atoms with Gasteiger partial charge in [0.25, 0.3) is 5.91 Å². The first kappa shape index (κ1) is 18.6. The van der Waals surface area contributed by atoms with E-state index < -0.39 is 6.17 Å². The lowest BCUT2D eigenvalue weighted by Gasteiger charge is -2.37. The smallest absolute Gasteiger partial charge is 0.256 e. The number of anilines is 1. The van der Waals surface area contributed by atoms with Crippen LogP contribution in [0.15, 0.2) is 24.3 Å². The molecular weight excluding hydrogens is 330 g/mol. The lowest BCUT2D eigenvalue weighted by atomic mass is 10.0. The third-order valence-corrected chi connectivity index (χ3v) is 4.77. The first-order valence-electron chi connectivity index (χ1n) is 8.90. The van der Waals surface area contributed by atoms with Gasteiger partial charge in [0.05, 0.1) is 23.3 Å². The number of benzene rings is 1. The molecule has 1 aliphatic heterocycles. The summed E-state index contributed by atoms with van der Waals surface area (Å²) in [5.41, 5.74) is 14.4. The molecule has 26 heavy (non-hydrogen) atoms. The second-order valence-electron chi connectivity index (χ2n) is 6.99. The Hall–Kier alpha value is -2.22. The molecule has 0 spiro atoms. The van der Waals surface area contributed by atoms with Crippen LogP contribution in [0.1, 0.15) is 29.3 Å². The molecule has 1 aromatic heterocycles. The third kappa shape index (κ3) is 3.80. The van der Waals surface area contributed by atoms with E-state index in [4.69, 9.17) is 21.2 Å². The van der Waals surface area contributed by atoms with E-state index in [1.807, 2.05) is 31.2 Å². The van der Waals surface area contributed by atoms with Crippen LogP contribution in [0.25, 0.3) is 10.9 Å². The van der Waals surface area contributed by atoms with Crippen molar-refractivity contribution in [1.29, 1.82) is 0 Å². The van der Waals surface area contributed by atoms with Crippen LogP contribution >= 0.6 is 0 Å². The number of ether oxygens (including phenoxy) is 1. The highest BCUT2D eigenvalue weighted by molar-refractivity contribution is 6.02. The molecule has 7 nitrogen and oxygen atoms in total. The van der Waals surface area contributed by atoms with Crippen molar-refractivity contribution in [3.63, 3.8) is 0 Å². The number of nitrogens with two attached hydrogens (primary N) is 2. The predicted molar refractivity (Wildman–Crippen MR) is 103 cm³/mol. The number of carbonyl (C=O) groups excluding carboxylic acids is 1. The number of piperidine rings is 1. The molecule has 1 saturated heterocycles. The number of hydrogen-bond donors (Lipinski definition) is 3. The van der Waals surface area contributed by atoms with E-state index in [0.29, 0.717) is 17.9 Å². The van der Waals surface area contributed by atoms with Gasteiger partial charge in [-0.15, -0.1) is 0 Å². The van der Waals surface area contributed by atoms with Crippen LogP contribution in [0, 0.1) is 6.92 Å². The largest absolute Gasteiger partial charge is 0.378 e. The van der Waals surface area contributed by atoms with Crippen molar-refractivity contribution in [3.05, 3.63) is 35.4 Å². The molecule has 1 amide bonds. The van der Waals surface area contributed by atoms with E-state index in [2.05, 4.69) is 10.2 Å². The van der Waals surface area contributed by atoms with Crippen molar-refractivity contribution < 1.29 is 9.53 Å². The van der Waals surface area contributed by atoms with Crippen LogP contribution < -0.4 is 21.7 Å². The normalized spacial score (nSPS) is 21.7. The second kappa shape index (κ2) is 7.57. The van der Waals surface area contributed by atoms with E-state index in [-0.39, 0.29) is 18.1 Å². The van der Waals surface area contributed by atoms with Gasteiger partial charge in [-0.25, -0.2) is 4.98 Å². The zero-order chi connectivity index (χ0) is 18.8. The fraction of sp³-hybridized carbons (Fsp3) is 0.474. The monoisotopic (exact) mass is 357 g/mol. The fourth-order valence-electron chi connectivity index (χ4n) is 3.35. The van der Waals surface area contributed by atoms with Gasteiger partial charge >= 0.3 is 0 Å². The summed E-state index contributed by atoms with van der Waals surface area (Å²) in [5, 5.41) is 3.70. The van der Waals surface area contributed by atoms with Crippen LogP contribution in [0.5, 0.6) is 0 Å². The average Bonchev–Trinajstić information content (AvgIpc) is 2.60. The van der Waals surface area contributed by atoms with Gasteiger partial charge in [0.15, 0.2) is 0 Å². The summed E-state index contributed by atoms with van der Waals surface area (Å²) in [6.07, 6.45) is 0.245. The van der Waals surface area contributed by atoms with E-state index in [0.717, 1.165) is 29.4 Å². The number of carbonyl (C=O) groups is 1. The van der Waals surface area contributed by atoms with E-state index in [1.165, 1.54) is 0 Å². The maximum Gasteiger partial charge on any atom is 0.256 e. The molecule has 7 heteroatoms. The molecule has 3 atom stereocenters. The minimum Gasteiger partial charge on any atom is -0.378 e. The maximum atomic E-state index is 12.7. The van der Waals surface area contributed by atoms with Gasteiger partial charge in [0.2, 0.25) is 0 Å². The van der Waals surface area contributed by atoms with Crippen molar-refractivity contribution in [3.8, 4) is 0 Å². The Labute approximate surface area is 153 Å². The quantitative estimate of drug-likeness (QED) is 0.708. The average molecular weight is 357 g/mol. The summed E-state index contributed by atoms with van der Waals surface area (Å²) in [6, 6.07) is 7.90. The molecule has 2 heterocycles. The molecule has 0 bridgehead atoms. The Balaban J connectivity index is 2.06. The Morgan fingerprint density at radius 3 is 2.88 bits per heavy atom. The van der Waals surface area contributed by atoms with E-state index in [9.17, 15) is 4.79 Å². The molecule has 0 radical (unpaired) electrons. The number of aromatic nitrogens is 1. The van der Waals surface area contributed by atoms with E-state index >= 15 is 0 Å². The van der Waals surface area contributed by atoms with Gasteiger partial charge < -0.3 is 26.4 Å². The van der Waals surface area contributed by atoms with Crippen molar-refractivity contribution in [2.24, 2.45) is 11.5 Å². The number of methoxy groups -OCH3 is 1. The van der Waals surface area contributed by atoms with Crippen LogP contribution in [-0.2, 0) is 4.74 Å². The summed E-state index contributed by atoms with van der Waals surface area (Å²) >= 11 is 0. The summed E-state index contributed by atoms with van der Waals surface area (Å²) in [6.45, 7) is 5.08. The lowest BCUT2D eigenvalue weighted by molar-refractivity contribution is 0.0726. The van der Waals surface area contributed by atoms with Crippen LogP contribution in [0.3, 0.4) is 0 Å². The number of nitrogens with zero attached hydrogens (tertiary/aromatic N) is 2. The molecule has 0 saturated carbocycles. The standard InChI is InChI=1S/C19H27N5O2/c1-11-4-5-16-13(8-11)9-14(19(25)22-12(2)20)18(23-16)24-7-6-15(21)17(10-24)26-3/h4-5,8-9,12,15,17H,6-7,10,20-21H2,1-3H3,(H,22,25). The minimum absolute atomic E-state index is 0.0132. The Kier molecular flexibility index (Phi) is 5.41. The van der Waals surface area contributed by atoms with Crippen molar-refractivity contribution in [2.75, 3.05) is 25.1 Å². The van der Waals surface area contributed by atoms with Crippen LogP contribution in [0.2, 0.25) is 0 Å². The van der Waals surface area contributed by atoms with Crippen molar-refractivity contribution in [1.82, 2.24) is 10.3 Å². The molecule has 1 aromatic carbocycles. The number of hydrogen-bond acceptors (Lipinski definition) is 6. The van der Waals surface area contributed by atoms with Crippen molar-refractivity contribution >= 4 is 22.6 Å². The number of fused-ring (bicyclic) bond motifs is 1. The minimum atomic E-state index is -0.440. The maximum absolute atomic E-state index is 12.7. The summed E-state index contributed by atoms with van der Waals surface area (Å²) in [7, 11) is 1.66. The molecule has 1 fully saturated rings. The molecule has 3 unspecified atom stereocenters. The Bertz CT molecular complexity index is 808. The highest BCUT2D eigenvalue weighted by atomic mass is 16.5. The Morgan fingerprint density at radius 2 is 2.19 bits per heavy atom. The molecule has 5 N–H and O–H groups in total. The van der Waals surface area contributed by atoms with Gasteiger partial charge in [-0.2, -0.15) is 0 Å². The number of pyridine rings is 1.